The van der Waals surface area contributed by atoms with E-state index in [0.717, 1.165) is 22.4 Å². The molecule has 1 aliphatic carbocycles. The zero-order chi connectivity index (χ0) is 27.8. The molecule has 1 amide bonds. The number of fused-ring (bicyclic) bond motifs is 1. The summed E-state index contributed by atoms with van der Waals surface area (Å²) in [6.07, 6.45) is 2.52. The fourth-order valence-electron chi connectivity index (χ4n) is 5.60. The first-order valence-electron chi connectivity index (χ1n) is 13.2. The van der Waals surface area contributed by atoms with Crippen LogP contribution in [0.5, 0.6) is 11.5 Å². The van der Waals surface area contributed by atoms with Gasteiger partial charge < -0.3 is 20.1 Å². The summed E-state index contributed by atoms with van der Waals surface area (Å²) in [7, 11) is 3.21. The standard InChI is InChI=1S/C32H30N4O4/c1-19-9-11-20(12-10-19)30-29-25(15-22(16-26(29)37)21-13-14-27(39-2)28(17-21)40-3)35-31-24(18-33-36(30)31)32(38)34-23-7-5-4-6-8-23/h4-14,17-18,22,30,35H,15-16H2,1-3H3,(H,34,38)/t22-,30+/m1/s1. The number of ether oxygens (including phenoxy) is 2. The first-order valence-corrected chi connectivity index (χ1v) is 13.2. The number of hydrogen-bond donors (Lipinski definition) is 2. The molecule has 6 rings (SSSR count). The number of anilines is 2. The molecular formula is C32H30N4O4. The molecule has 0 unspecified atom stereocenters. The van der Waals surface area contributed by atoms with E-state index in [-0.39, 0.29) is 17.6 Å². The molecule has 0 saturated carbocycles. The Morgan fingerprint density at radius 1 is 0.950 bits per heavy atom. The summed E-state index contributed by atoms with van der Waals surface area (Å²) in [5.74, 6) is 1.55. The van der Waals surface area contributed by atoms with Gasteiger partial charge in [0.2, 0.25) is 0 Å². The van der Waals surface area contributed by atoms with Crippen LogP contribution < -0.4 is 20.1 Å². The second kappa shape index (κ2) is 10.4. The molecule has 2 heterocycles. The lowest BCUT2D eigenvalue weighted by Crippen LogP contribution is -2.34. The minimum atomic E-state index is -0.441. The quantitative estimate of drug-likeness (QED) is 0.321. The van der Waals surface area contributed by atoms with Gasteiger partial charge in [-0.15, -0.1) is 0 Å². The van der Waals surface area contributed by atoms with Gasteiger partial charge in [0.25, 0.3) is 5.91 Å². The number of Topliss-reactive ketones (excluding diaryl/α,β-unsaturated/α-hetero) is 1. The molecule has 1 aliphatic heterocycles. The Bertz CT molecular complexity index is 1620. The van der Waals surface area contributed by atoms with Gasteiger partial charge in [0, 0.05) is 23.4 Å². The number of allylic oxidation sites excluding steroid dienone is 2. The molecule has 2 N–H and O–H groups in total. The maximum absolute atomic E-state index is 13.9. The number of carbonyl (C=O) groups excluding carboxylic acids is 2. The Morgan fingerprint density at radius 2 is 1.68 bits per heavy atom. The highest BCUT2D eigenvalue weighted by Crippen LogP contribution is 2.46. The number of methoxy groups -OCH3 is 2. The third-order valence-corrected chi connectivity index (χ3v) is 7.64. The van der Waals surface area contributed by atoms with Crippen LogP contribution in [0.15, 0.2) is 90.3 Å². The summed E-state index contributed by atoms with van der Waals surface area (Å²) >= 11 is 0. The van der Waals surface area contributed by atoms with Gasteiger partial charge in [-0.2, -0.15) is 5.10 Å². The topological polar surface area (TPSA) is 94.5 Å². The predicted molar refractivity (Wildman–Crippen MR) is 153 cm³/mol. The Labute approximate surface area is 232 Å². The number of para-hydroxylation sites is 1. The zero-order valence-electron chi connectivity index (χ0n) is 22.6. The predicted octanol–water partition coefficient (Wildman–Crippen LogP) is 5.88. The molecule has 0 saturated heterocycles. The highest BCUT2D eigenvalue weighted by atomic mass is 16.5. The molecule has 3 aromatic carbocycles. The van der Waals surface area contributed by atoms with E-state index in [1.54, 1.807) is 25.1 Å². The molecule has 1 aromatic heterocycles. The average molecular weight is 535 g/mol. The van der Waals surface area contributed by atoms with Gasteiger partial charge >= 0.3 is 0 Å². The van der Waals surface area contributed by atoms with Crippen molar-refractivity contribution in [1.29, 1.82) is 0 Å². The molecule has 202 valence electrons. The van der Waals surface area contributed by atoms with Gasteiger partial charge in [0.15, 0.2) is 17.3 Å². The fraction of sp³-hybridized carbons (Fsp3) is 0.219. The normalized spacial score (nSPS) is 17.9. The fourth-order valence-corrected chi connectivity index (χ4v) is 5.60. The minimum Gasteiger partial charge on any atom is -0.493 e. The minimum absolute atomic E-state index is 0.0514. The summed E-state index contributed by atoms with van der Waals surface area (Å²) in [5, 5.41) is 11.0. The van der Waals surface area contributed by atoms with Crippen molar-refractivity contribution in [2.75, 3.05) is 24.9 Å². The number of carbonyl (C=O) groups is 2. The highest BCUT2D eigenvalue weighted by molar-refractivity contribution is 6.08. The molecule has 8 heteroatoms. The molecule has 0 bridgehead atoms. The van der Waals surface area contributed by atoms with Gasteiger partial charge in [-0.1, -0.05) is 54.1 Å². The summed E-state index contributed by atoms with van der Waals surface area (Å²) in [5.41, 5.74) is 5.66. The Hall–Kier alpha value is -4.85. The van der Waals surface area contributed by atoms with Crippen LogP contribution in [0.2, 0.25) is 0 Å². The molecule has 0 fully saturated rings. The number of nitrogens with one attached hydrogen (secondary N) is 2. The van der Waals surface area contributed by atoms with Gasteiger partial charge in [0.1, 0.15) is 17.4 Å². The van der Waals surface area contributed by atoms with Crippen LogP contribution >= 0.6 is 0 Å². The summed E-state index contributed by atoms with van der Waals surface area (Å²) in [6, 6.07) is 22.8. The molecule has 4 aromatic rings. The number of aryl methyl sites for hydroxylation is 1. The lowest BCUT2D eigenvalue weighted by Gasteiger charge is -2.36. The van der Waals surface area contributed by atoms with Gasteiger partial charge in [-0.05, 0) is 54.7 Å². The van der Waals surface area contributed by atoms with Crippen LogP contribution in [0.25, 0.3) is 0 Å². The van der Waals surface area contributed by atoms with Crippen molar-refractivity contribution in [3.8, 4) is 11.5 Å². The van der Waals surface area contributed by atoms with Crippen LogP contribution in [0.4, 0.5) is 11.5 Å². The van der Waals surface area contributed by atoms with Crippen LogP contribution in [-0.4, -0.2) is 35.7 Å². The van der Waals surface area contributed by atoms with Crippen LogP contribution in [0, 0.1) is 6.92 Å². The maximum Gasteiger partial charge on any atom is 0.261 e. The van der Waals surface area contributed by atoms with Crippen molar-refractivity contribution >= 4 is 23.2 Å². The smallest absolute Gasteiger partial charge is 0.261 e. The molecule has 2 aliphatic rings. The third-order valence-electron chi connectivity index (χ3n) is 7.64. The summed E-state index contributed by atoms with van der Waals surface area (Å²) in [4.78, 5) is 27.2. The van der Waals surface area contributed by atoms with Crippen LogP contribution in [0.3, 0.4) is 0 Å². The number of ketones is 1. The Morgan fingerprint density at radius 3 is 2.40 bits per heavy atom. The van der Waals surface area contributed by atoms with Crippen LogP contribution in [-0.2, 0) is 4.79 Å². The highest BCUT2D eigenvalue weighted by Gasteiger charge is 2.40. The van der Waals surface area contributed by atoms with E-state index in [1.165, 1.54) is 0 Å². The van der Waals surface area contributed by atoms with Crippen molar-refractivity contribution in [3.05, 3.63) is 113 Å². The van der Waals surface area contributed by atoms with Gasteiger partial charge in [0.05, 0.1) is 20.4 Å². The van der Waals surface area contributed by atoms with E-state index in [0.29, 0.717) is 47.0 Å². The Balaban J connectivity index is 1.41. The van der Waals surface area contributed by atoms with Crippen molar-refractivity contribution in [2.24, 2.45) is 0 Å². The van der Waals surface area contributed by atoms with Crippen LogP contribution in [0.1, 0.15) is 51.8 Å². The molecular weight excluding hydrogens is 504 g/mol. The second-order valence-electron chi connectivity index (χ2n) is 10.1. The molecule has 0 spiro atoms. The molecule has 0 radical (unpaired) electrons. The van der Waals surface area contributed by atoms with E-state index in [2.05, 4.69) is 15.7 Å². The lowest BCUT2D eigenvalue weighted by molar-refractivity contribution is -0.116. The van der Waals surface area contributed by atoms with E-state index < -0.39 is 6.04 Å². The first-order chi connectivity index (χ1) is 19.5. The van der Waals surface area contributed by atoms with Crippen molar-refractivity contribution in [1.82, 2.24) is 9.78 Å². The van der Waals surface area contributed by atoms with E-state index in [1.807, 2.05) is 79.7 Å². The second-order valence-corrected chi connectivity index (χ2v) is 10.1. The molecule has 8 nitrogen and oxygen atoms in total. The SMILES string of the molecule is COc1ccc([C@H]2CC(=O)C3=C(C2)Nc2c(C(=O)Nc4ccccc4)cnn2[C@H]3c2ccc(C)cc2)cc1OC. The van der Waals surface area contributed by atoms with E-state index in [9.17, 15) is 9.59 Å². The van der Waals surface area contributed by atoms with Gasteiger partial charge in [-0.3, -0.25) is 9.59 Å². The summed E-state index contributed by atoms with van der Waals surface area (Å²) in [6.45, 7) is 2.03. The van der Waals surface area contributed by atoms with Gasteiger partial charge in [-0.25, -0.2) is 4.68 Å². The number of benzene rings is 3. The lowest BCUT2D eigenvalue weighted by atomic mass is 9.77. The summed E-state index contributed by atoms with van der Waals surface area (Å²) < 4.78 is 12.7. The number of hydrogen-bond acceptors (Lipinski definition) is 6. The molecule has 40 heavy (non-hydrogen) atoms. The number of nitrogens with zero attached hydrogens (tertiary/aromatic N) is 2. The third kappa shape index (κ3) is 4.51. The number of rotatable bonds is 6. The molecule has 2 atom stereocenters. The Kier molecular flexibility index (Phi) is 6.59. The average Bonchev–Trinajstić information content (AvgIpc) is 3.40. The number of aromatic nitrogens is 2. The number of amides is 1. The first kappa shape index (κ1) is 25.4. The maximum atomic E-state index is 13.9. The zero-order valence-corrected chi connectivity index (χ0v) is 22.6. The largest absolute Gasteiger partial charge is 0.493 e. The van der Waals surface area contributed by atoms with E-state index >= 15 is 0 Å². The van der Waals surface area contributed by atoms with Crippen molar-refractivity contribution in [2.45, 2.75) is 31.7 Å². The van der Waals surface area contributed by atoms with E-state index in [4.69, 9.17) is 9.47 Å². The van der Waals surface area contributed by atoms with Crippen molar-refractivity contribution in [3.63, 3.8) is 0 Å². The monoisotopic (exact) mass is 534 g/mol. The van der Waals surface area contributed by atoms with Crippen molar-refractivity contribution < 1.29 is 19.1 Å².